The Morgan fingerprint density at radius 1 is 0.237 bits per heavy atom. The van der Waals surface area contributed by atoms with Crippen molar-refractivity contribution in [2.75, 3.05) is 4.90 Å². The topological polar surface area (TPSA) is 3.24 Å². The molecule has 11 rings (SSSR count). The Morgan fingerprint density at radius 3 is 1.51 bits per heavy atom. The molecule has 0 amide bonds. The summed E-state index contributed by atoms with van der Waals surface area (Å²) in [5.74, 6) is 0. The highest BCUT2D eigenvalue weighted by molar-refractivity contribution is 6.14. The molecule has 0 aromatic heterocycles. The van der Waals surface area contributed by atoms with Crippen LogP contribution < -0.4 is 4.90 Å². The highest BCUT2D eigenvalue weighted by Crippen LogP contribution is 2.48. The van der Waals surface area contributed by atoms with Gasteiger partial charge in [0.25, 0.3) is 0 Å². The van der Waals surface area contributed by atoms with E-state index in [2.05, 4.69) is 241 Å². The standard InChI is InChI=1S/C58H39N/c1-2-17-41(18-3-1)49-31-14-22-43-23-15-34-55(58(43)49)54-29-9-11-36-57(54)59(45-25-12-24-44(39-45)48-30-13-21-40-19-4-6-26-46(40)48)56-35-10-8-28-53(56)51-33-16-32-50-47-27-7-5-20-42(47)37-38-52(50)51/h1-39H. The minimum absolute atomic E-state index is 1.09. The zero-order chi connectivity index (χ0) is 39.1. The molecule has 0 N–H and O–H groups in total. The van der Waals surface area contributed by atoms with Crippen molar-refractivity contribution in [1.82, 2.24) is 0 Å². The molecule has 0 aliphatic carbocycles. The van der Waals surface area contributed by atoms with Gasteiger partial charge in [-0.3, -0.25) is 0 Å². The van der Waals surface area contributed by atoms with E-state index in [0.29, 0.717) is 0 Å². The van der Waals surface area contributed by atoms with Gasteiger partial charge in [-0.15, -0.1) is 0 Å². The second-order valence-electron chi connectivity index (χ2n) is 15.2. The van der Waals surface area contributed by atoms with Crippen LogP contribution in [0.3, 0.4) is 0 Å². The molecule has 1 heteroatoms. The first-order valence-corrected chi connectivity index (χ1v) is 20.3. The molecule has 0 aliphatic rings. The van der Waals surface area contributed by atoms with Gasteiger partial charge in [0.15, 0.2) is 0 Å². The van der Waals surface area contributed by atoms with Gasteiger partial charge in [-0.2, -0.15) is 0 Å². The lowest BCUT2D eigenvalue weighted by Crippen LogP contribution is -2.12. The minimum atomic E-state index is 1.09. The van der Waals surface area contributed by atoms with E-state index in [-0.39, 0.29) is 0 Å². The summed E-state index contributed by atoms with van der Waals surface area (Å²) in [6, 6.07) is 86.4. The van der Waals surface area contributed by atoms with Gasteiger partial charge in [-0.1, -0.05) is 212 Å². The second-order valence-corrected chi connectivity index (χ2v) is 15.2. The predicted molar refractivity (Wildman–Crippen MR) is 253 cm³/mol. The molecule has 0 atom stereocenters. The summed E-state index contributed by atoms with van der Waals surface area (Å²) in [7, 11) is 0. The maximum Gasteiger partial charge on any atom is 0.0540 e. The van der Waals surface area contributed by atoms with Gasteiger partial charge in [0, 0.05) is 16.8 Å². The molecular formula is C58H39N. The van der Waals surface area contributed by atoms with Crippen LogP contribution >= 0.6 is 0 Å². The fourth-order valence-corrected chi connectivity index (χ4v) is 9.19. The molecule has 0 saturated carbocycles. The average Bonchev–Trinajstić information content (AvgIpc) is 3.31. The van der Waals surface area contributed by atoms with E-state index in [1.165, 1.54) is 82.0 Å². The first-order chi connectivity index (χ1) is 29.3. The van der Waals surface area contributed by atoms with Crippen LogP contribution in [0.1, 0.15) is 0 Å². The van der Waals surface area contributed by atoms with Crippen LogP contribution in [0, 0.1) is 0 Å². The molecule has 11 aromatic rings. The van der Waals surface area contributed by atoms with Crippen molar-refractivity contribution in [2.24, 2.45) is 0 Å². The Labute approximate surface area is 344 Å². The third-order valence-corrected chi connectivity index (χ3v) is 11.9. The normalized spacial score (nSPS) is 11.4. The molecular weight excluding hydrogens is 711 g/mol. The van der Waals surface area contributed by atoms with Crippen LogP contribution in [0.4, 0.5) is 17.1 Å². The summed E-state index contributed by atoms with van der Waals surface area (Å²) in [5.41, 5.74) is 12.9. The number of nitrogens with zero attached hydrogens (tertiary/aromatic N) is 1. The van der Waals surface area contributed by atoms with Crippen molar-refractivity contribution in [2.45, 2.75) is 0 Å². The Morgan fingerprint density at radius 2 is 0.729 bits per heavy atom. The number of fused-ring (bicyclic) bond motifs is 5. The van der Waals surface area contributed by atoms with E-state index >= 15 is 0 Å². The first kappa shape index (κ1) is 34.5. The lowest BCUT2D eigenvalue weighted by Gasteiger charge is -2.31. The summed E-state index contributed by atoms with van der Waals surface area (Å²) in [6.45, 7) is 0. The molecule has 276 valence electrons. The van der Waals surface area contributed by atoms with Crippen molar-refractivity contribution in [1.29, 1.82) is 0 Å². The van der Waals surface area contributed by atoms with E-state index in [4.69, 9.17) is 0 Å². The number of hydrogen-bond acceptors (Lipinski definition) is 1. The van der Waals surface area contributed by atoms with Crippen LogP contribution in [0.15, 0.2) is 237 Å². The Bertz CT molecular complexity index is 3330. The zero-order valence-electron chi connectivity index (χ0n) is 32.5. The molecule has 0 unspecified atom stereocenters. The van der Waals surface area contributed by atoms with E-state index in [1.54, 1.807) is 0 Å². The van der Waals surface area contributed by atoms with Crippen LogP contribution in [-0.2, 0) is 0 Å². The number of hydrogen-bond donors (Lipinski definition) is 0. The van der Waals surface area contributed by atoms with Gasteiger partial charge < -0.3 is 4.90 Å². The monoisotopic (exact) mass is 749 g/mol. The molecule has 0 heterocycles. The molecule has 59 heavy (non-hydrogen) atoms. The third kappa shape index (κ3) is 6.04. The third-order valence-electron chi connectivity index (χ3n) is 11.9. The van der Waals surface area contributed by atoms with Gasteiger partial charge in [0.1, 0.15) is 0 Å². The van der Waals surface area contributed by atoms with Crippen molar-refractivity contribution < 1.29 is 0 Å². The first-order valence-electron chi connectivity index (χ1n) is 20.3. The largest absolute Gasteiger partial charge is 0.309 e. The fourth-order valence-electron chi connectivity index (χ4n) is 9.19. The van der Waals surface area contributed by atoms with Gasteiger partial charge in [0.05, 0.1) is 11.4 Å². The number of para-hydroxylation sites is 2. The molecule has 0 spiro atoms. The summed E-state index contributed by atoms with van der Waals surface area (Å²) >= 11 is 0. The Kier molecular flexibility index (Phi) is 8.56. The van der Waals surface area contributed by atoms with Crippen molar-refractivity contribution >= 4 is 60.2 Å². The van der Waals surface area contributed by atoms with Crippen molar-refractivity contribution in [3.63, 3.8) is 0 Å². The zero-order valence-corrected chi connectivity index (χ0v) is 32.5. The maximum atomic E-state index is 2.49. The summed E-state index contributed by atoms with van der Waals surface area (Å²) < 4.78 is 0. The summed E-state index contributed by atoms with van der Waals surface area (Å²) in [5, 5.41) is 9.93. The number of anilines is 3. The van der Waals surface area contributed by atoms with Crippen molar-refractivity contribution in [3.8, 4) is 44.5 Å². The highest BCUT2D eigenvalue weighted by Gasteiger charge is 2.23. The Hall–Kier alpha value is -7.74. The van der Waals surface area contributed by atoms with Crippen LogP contribution in [0.5, 0.6) is 0 Å². The quantitative estimate of drug-likeness (QED) is 0.147. The van der Waals surface area contributed by atoms with E-state index in [1.807, 2.05) is 0 Å². The predicted octanol–water partition coefficient (Wildman–Crippen LogP) is 16.4. The Balaban J connectivity index is 1.19. The fraction of sp³-hybridized carbons (Fsp3) is 0. The lowest BCUT2D eigenvalue weighted by molar-refractivity contribution is 1.29. The molecule has 0 radical (unpaired) electrons. The number of benzene rings is 11. The van der Waals surface area contributed by atoms with Gasteiger partial charge in [0.2, 0.25) is 0 Å². The van der Waals surface area contributed by atoms with E-state index < -0.39 is 0 Å². The van der Waals surface area contributed by atoms with E-state index in [9.17, 15) is 0 Å². The summed E-state index contributed by atoms with van der Waals surface area (Å²) in [6.07, 6.45) is 0. The van der Waals surface area contributed by atoms with Gasteiger partial charge in [-0.25, -0.2) is 0 Å². The molecule has 1 nitrogen and oxygen atoms in total. The average molecular weight is 750 g/mol. The van der Waals surface area contributed by atoms with Crippen molar-refractivity contribution in [3.05, 3.63) is 237 Å². The minimum Gasteiger partial charge on any atom is -0.309 e. The molecule has 0 saturated heterocycles. The molecule has 0 bridgehead atoms. The van der Waals surface area contributed by atoms with E-state index in [0.717, 1.165) is 22.6 Å². The lowest BCUT2D eigenvalue weighted by atomic mass is 9.90. The second kappa shape index (κ2) is 14.6. The number of rotatable bonds is 7. The van der Waals surface area contributed by atoms with Gasteiger partial charge in [-0.05, 0) is 101 Å². The molecule has 11 aromatic carbocycles. The molecule has 0 aliphatic heterocycles. The smallest absolute Gasteiger partial charge is 0.0540 e. The maximum absolute atomic E-state index is 2.49. The van der Waals surface area contributed by atoms with Crippen LogP contribution in [0.2, 0.25) is 0 Å². The summed E-state index contributed by atoms with van der Waals surface area (Å²) in [4.78, 5) is 2.49. The molecule has 0 fully saturated rings. The SMILES string of the molecule is c1ccc(-c2cccc3cccc(-c4ccccc4N(c4cccc(-c5cccc6ccccc56)c4)c4ccccc4-c4cccc5c4ccc4ccccc45)c23)cc1. The van der Waals surface area contributed by atoms with Crippen LogP contribution in [-0.4, -0.2) is 0 Å². The van der Waals surface area contributed by atoms with Crippen LogP contribution in [0.25, 0.3) is 87.6 Å². The highest BCUT2D eigenvalue weighted by atomic mass is 15.1. The van der Waals surface area contributed by atoms with Gasteiger partial charge >= 0.3 is 0 Å².